The molecule has 0 aliphatic carbocycles. The molecule has 0 rings (SSSR count). The minimum Gasteiger partial charge on any atom is -0.462 e. The van der Waals surface area contributed by atoms with E-state index in [1.54, 1.807) is 0 Å². The van der Waals surface area contributed by atoms with Crippen molar-refractivity contribution in [1.29, 1.82) is 0 Å². The average molecular weight is 1340 g/mol. The SMILES string of the molecule is CCCCCCCCCCCCCCCC(=O)OC[C@H](COP(=O)(O)OC[C@@H](O)COP(=O)(O)OC[C@@H](COC(=O)CCCCCCCCCCCC)OC(=O)CCCCCCCCCC(C)C)OC(=O)CCCCCCCCCCCCCCCCC(C)CC. The van der Waals surface area contributed by atoms with E-state index in [9.17, 15) is 43.2 Å². The highest BCUT2D eigenvalue weighted by Crippen LogP contribution is 2.45. The monoisotopic (exact) mass is 1340 g/mol. The molecule has 3 N–H and O–H groups in total. The van der Waals surface area contributed by atoms with Crippen LogP contribution in [0.2, 0.25) is 0 Å². The number of carbonyl (C=O) groups excluding carboxylic acids is 4. The van der Waals surface area contributed by atoms with Gasteiger partial charge in [0, 0.05) is 25.7 Å². The van der Waals surface area contributed by atoms with E-state index in [1.165, 1.54) is 186 Å². The Hall–Kier alpha value is -1.94. The van der Waals surface area contributed by atoms with Gasteiger partial charge in [0.2, 0.25) is 0 Å². The van der Waals surface area contributed by atoms with Crippen molar-refractivity contribution in [2.45, 2.75) is 387 Å². The maximum atomic E-state index is 13.0. The Kier molecular flexibility index (Phi) is 62.7. The van der Waals surface area contributed by atoms with E-state index in [1.807, 2.05) is 0 Å². The van der Waals surface area contributed by atoms with Gasteiger partial charge in [0.05, 0.1) is 26.4 Å². The quantitative estimate of drug-likeness (QED) is 0.0222. The van der Waals surface area contributed by atoms with E-state index in [-0.39, 0.29) is 25.7 Å². The summed E-state index contributed by atoms with van der Waals surface area (Å²) in [6.45, 7) is 9.55. The van der Waals surface area contributed by atoms with Gasteiger partial charge < -0.3 is 33.8 Å². The van der Waals surface area contributed by atoms with Gasteiger partial charge >= 0.3 is 39.5 Å². The molecular weight excluding hydrogens is 1200 g/mol. The van der Waals surface area contributed by atoms with Gasteiger partial charge in [0.25, 0.3) is 0 Å². The number of esters is 4. The number of hydrogen-bond acceptors (Lipinski definition) is 15. The zero-order valence-corrected chi connectivity index (χ0v) is 60.9. The number of phosphoric ester groups is 2. The fourth-order valence-corrected chi connectivity index (χ4v) is 12.5. The molecular formula is C72H140O17P2. The van der Waals surface area contributed by atoms with Gasteiger partial charge in [0.15, 0.2) is 12.2 Å². The largest absolute Gasteiger partial charge is 0.472 e. The Balaban J connectivity index is 5.22. The zero-order valence-electron chi connectivity index (χ0n) is 59.1. The summed E-state index contributed by atoms with van der Waals surface area (Å²) >= 11 is 0. The fraction of sp³-hybridized carbons (Fsp3) is 0.944. The highest BCUT2D eigenvalue weighted by Gasteiger charge is 2.30. The average Bonchev–Trinajstić information content (AvgIpc) is 3.44. The molecule has 540 valence electrons. The van der Waals surface area contributed by atoms with E-state index in [2.05, 4.69) is 41.5 Å². The normalized spacial score (nSPS) is 14.4. The summed E-state index contributed by atoms with van der Waals surface area (Å²) in [7, 11) is -9.90. The second-order valence-corrected chi connectivity index (χ2v) is 29.6. The van der Waals surface area contributed by atoms with Crippen molar-refractivity contribution in [3.63, 3.8) is 0 Å². The molecule has 0 fully saturated rings. The lowest BCUT2D eigenvalue weighted by Gasteiger charge is -2.21. The molecule has 0 spiro atoms. The van der Waals surface area contributed by atoms with Crippen LogP contribution in [-0.4, -0.2) is 96.7 Å². The van der Waals surface area contributed by atoms with Crippen LogP contribution < -0.4 is 0 Å². The van der Waals surface area contributed by atoms with Crippen LogP contribution in [-0.2, 0) is 65.4 Å². The molecule has 17 nitrogen and oxygen atoms in total. The third kappa shape index (κ3) is 65.1. The molecule has 0 aromatic rings. The molecule has 0 radical (unpaired) electrons. The molecule has 0 aliphatic rings. The summed E-state index contributed by atoms with van der Waals surface area (Å²) < 4.78 is 68.3. The van der Waals surface area contributed by atoms with E-state index in [4.69, 9.17) is 37.0 Å². The van der Waals surface area contributed by atoms with Gasteiger partial charge in [-0.15, -0.1) is 0 Å². The maximum Gasteiger partial charge on any atom is 0.472 e. The van der Waals surface area contributed by atoms with Crippen molar-refractivity contribution in [3.05, 3.63) is 0 Å². The van der Waals surface area contributed by atoms with Gasteiger partial charge in [-0.2, -0.15) is 0 Å². The third-order valence-electron chi connectivity index (χ3n) is 17.1. The summed E-state index contributed by atoms with van der Waals surface area (Å²) in [5.41, 5.74) is 0. The van der Waals surface area contributed by atoms with Crippen molar-refractivity contribution in [3.8, 4) is 0 Å². The number of ether oxygens (including phenoxy) is 4. The third-order valence-corrected chi connectivity index (χ3v) is 19.0. The molecule has 91 heavy (non-hydrogen) atoms. The molecule has 0 amide bonds. The molecule has 0 bridgehead atoms. The van der Waals surface area contributed by atoms with Crippen LogP contribution in [0.4, 0.5) is 0 Å². The summed E-state index contributed by atoms with van der Waals surface area (Å²) in [4.78, 5) is 72.6. The first kappa shape index (κ1) is 89.1. The molecule has 3 unspecified atom stereocenters. The number of aliphatic hydroxyl groups is 1. The van der Waals surface area contributed by atoms with E-state index in [0.29, 0.717) is 31.6 Å². The molecule has 19 heteroatoms. The predicted molar refractivity (Wildman–Crippen MR) is 368 cm³/mol. The summed E-state index contributed by atoms with van der Waals surface area (Å²) in [5.74, 6) is -0.581. The maximum absolute atomic E-state index is 13.0. The van der Waals surface area contributed by atoms with Crippen LogP contribution in [0.15, 0.2) is 0 Å². The Labute approximate surface area is 556 Å². The predicted octanol–water partition coefficient (Wildman–Crippen LogP) is 20.8. The van der Waals surface area contributed by atoms with Crippen LogP contribution in [0, 0.1) is 11.8 Å². The van der Waals surface area contributed by atoms with Gasteiger partial charge in [-0.1, -0.05) is 318 Å². The molecule has 0 heterocycles. The first-order valence-electron chi connectivity index (χ1n) is 37.5. The second kappa shape index (κ2) is 64.1. The number of rotatable bonds is 71. The van der Waals surface area contributed by atoms with Crippen LogP contribution in [0.1, 0.15) is 369 Å². The van der Waals surface area contributed by atoms with Crippen molar-refractivity contribution < 1.29 is 80.2 Å². The van der Waals surface area contributed by atoms with Crippen molar-refractivity contribution >= 4 is 39.5 Å². The Bertz CT molecular complexity index is 1770. The fourth-order valence-electron chi connectivity index (χ4n) is 10.9. The van der Waals surface area contributed by atoms with Crippen molar-refractivity contribution in [2.24, 2.45) is 11.8 Å². The summed E-state index contributed by atoms with van der Waals surface area (Å²) in [5, 5.41) is 10.6. The summed E-state index contributed by atoms with van der Waals surface area (Å²) in [6.07, 6.45) is 49.9. The molecule has 0 saturated heterocycles. The van der Waals surface area contributed by atoms with Gasteiger partial charge in [0.1, 0.15) is 19.3 Å². The molecule has 0 aromatic carbocycles. The second-order valence-electron chi connectivity index (χ2n) is 26.7. The highest BCUT2D eigenvalue weighted by molar-refractivity contribution is 7.47. The van der Waals surface area contributed by atoms with Crippen LogP contribution in [0.25, 0.3) is 0 Å². The van der Waals surface area contributed by atoms with Crippen LogP contribution >= 0.6 is 15.6 Å². The molecule has 0 saturated carbocycles. The number of hydrogen-bond donors (Lipinski definition) is 3. The smallest absolute Gasteiger partial charge is 0.462 e. The topological polar surface area (TPSA) is 237 Å². The van der Waals surface area contributed by atoms with E-state index >= 15 is 0 Å². The highest BCUT2D eigenvalue weighted by atomic mass is 31.2. The van der Waals surface area contributed by atoms with Crippen LogP contribution in [0.3, 0.4) is 0 Å². The Morgan fingerprint density at radius 3 is 0.835 bits per heavy atom. The van der Waals surface area contributed by atoms with Crippen molar-refractivity contribution in [1.82, 2.24) is 0 Å². The molecule has 0 aromatic heterocycles. The van der Waals surface area contributed by atoms with Crippen LogP contribution in [0.5, 0.6) is 0 Å². The lowest BCUT2D eigenvalue weighted by Crippen LogP contribution is -2.30. The van der Waals surface area contributed by atoms with Crippen molar-refractivity contribution in [2.75, 3.05) is 39.6 Å². The standard InChI is InChI=1S/C72H140O17P2/c1-7-10-12-14-16-18-20-23-27-31-37-43-49-55-70(75)83-60-67(88-71(76)56-50-44-38-32-28-25-22-21-24-26-29-35-41-47-53-65(6)9-3)62-86-90(78,79)84-58-66(73)59-85-91(80,81)87-63-68(89-72(77)57-51-45-39-33-34-40-46-52-64(4)5)61-82-69(74)54-48-42-36-30-19-17-15-13-11-8-2/h64-68,73H,7-63H2,1-6H3,(H,78,79)(H,80,81)/t65?,66-,67-,68-/m1/s1. The number of phosphoric acid groups is 2. The van der Waals surface area contributed by atoms with E-state index < -0.39 is 97.5 Å². The first-order valence-corrected chi connectivity index (χ1v) is 40.5. The minimum atomic E-state index is -4.95. The Morgan fingerprint density at radius 2 is 0.560 bits per heavy atom. The number of aliphatic hydroxyl groups excluding tert-OH is 1. The van der Waals surface area contributed by atoms with Gasteiger partial charge in [-0.25, -0.2) is 9.13 Å². The van der Waals surface area contributed by atoms with Gasteiger partial charge in [-0.05, 0) is 37.5 Å². The lowest BCUT2D eigenvalue weighted by molar-refractivity contribution is -0.161. The molecule has 6 atom stereocenters. The summed E-state index contributed by atoms with van der Waals surface area (Å²) in [6, 6.07) is 0. The van der Waals surface area contributed by atoms with Gasteiger partial charge in [-0.3, -0.25) is 37.3 Å². The molecule has 0 aliphatic heterocycles. The number of carbonyl (C=O) groups is 4. The van der Waals surface area contributed by atoms with E-state index in [0.717, 1.165) is 95.8 Å². The minimum absolute atomic E-state index is 0.104. The lowest BCUT2D eigenvalue weighted by atomic mass is 9.99. The Morgan fingerprint density at radius 1 is 0.319 bits per heavy atom. The zero-order chi connectivity index (χ0) is 67.2. The first-order chi connectivity index (χ1) is 43.9. The number of unbranched alkanes of at least 4 members (excludes halogenated alkanes) is 40.